The molecule has 1 saturated carbocycles. The van der Waals surface area contributed by atoms with Crippen LogP contribution in [0.1, 0.15) is 81.6 Å². The van der Waals surface area contributed by atoms with Crippen LogP contribution in [0.4, 0.5) is 35.1 Å². The van der Waals surface area contributed by atoms with Gasteiger partial charge in [0, 0.05) is 23.1 Å². The van der Waals surface area contributed by atoms with E-state index in [-0.39, 0.29) is 42.7 Å². The highest BCUT2D eigenvalue weighted by molar-refractivity contribution is 5.66. The molecule has 1 aliphatic heterocycles. The minimum Gasteiger partial charge on any atom is -0.432 e. The molecule has 1 heterocycles. The summed E-state index contributed by atoms with van der Waals surface area (Å²) in [5.74, 6) is -7.57. The molecule has 0 unspecified atom stereocenters. The molecule has 0 spiro atoms. The van der Waals surface area contributed by atoms with Gasteiger partial charge in [-0.05, 0) is 79.5 Å². The molecule has 1 saturated heterocycles. The fourth-order valence-electron chi connectivity index (χ4n) is 6.30. The highest BCUT2D eigenvalue weighted by atomic mass is 19.3. The molecule has 3 aromatic carbocycles. The summed E-state index contributed by atoms with van der Waals surface area (Å²) in [7, 11) is 0. The van der Waals surface area contributed by atoms with Crippen LogP contribution in [0.5, 0.6) is 11.5 Å². The number of alkyl halides is 4. The van der Waals surface area contributed by atoms with Crippen LogP contribution in [-0.2, 0) is 9.47 Å². The molecule has 0 N–H and O–H groups in total. The first-order valence-corrected chi connectivity index (χ1v) is 15.8. The first kappa shape index (κ1) is 34.9. The summed E-state index contributed by atoms with van der Waals surface area (Å²) in [5.41, 5.74) is 0.271. The molecule has 1 aliphatic carbocycles. The third-order valence-corrected chi connectivity index (χ3v) is 8.83. The van der Waals surface area contributed by atoms with Crippen molar-refractivity contribution in [2.24, 2.45) is 11.8 Å². The lowest BCUT2D eigenvalue weighted by molar-refractivity contribution is -0.222. The predicted octanol–water partition coefficient (Wildman–Crippen LogP) is 10.7. The molecule has 12 heteroatoms. The molecule has 256 valence electrons. The molecular weight excluding hydrogens is 636 g/mol. The van der Waals surface area contributed by atoms with Gasteiger partial charge < -0.3 is 18.9 Å². The number of benzene rings is 3. The Hall–Kier alpha value is -3.38. The molecular formula is C35H36F8O4. The van der Waals surface area contributed by atoms with E-state index in [1.165, 1.54) is 6.07 Å². The van der Waals surface area contributed by atoms with Crippen LogP contribution in [0.3, 0.4) is 0 Å². The van der Waals surface area contributed by atoms with Crippen molar-refractivity contribution in [2.45, 2.75) is 83.2 Å². The number of ether oxygens (including phenoxy) is 4. The minimum absolute atomic E-state index is 0.0271. The third-order valence-electron chi connectivity index (χ3n) is 8.83. The van der Waals surface area contributed by atoms with E-state index in [4.69, 9.17) is 14.2 Å². The average molecular weight is 673 g/mol. The maximum Gasteiger partial charge on any atom is 0.400 e. The van der Waals surface area contributed by atoms with E-state index in [1.807, 2.05) is 0 Å². The Morgan fingerprint density at radius 2 is 1.49 bits per heavy atom. The Bertz CT molecular complexity index is 1480. The van der Waals surface area contributed by atoms with Gasteiger partial charge in [0.2, 0.25) is 0 Å². The van der Waals surface area contributed by atoms with Crippen molar-refractivity contribution in [1.82, 2.24) is 0 Å². The first-order chi connectivity index (χ1) is 22.4. The van der Waals surface area contributed by atoms with Gasteiger partial charge in [0.1, 0.15) is 17.4 Å². The van der Waals surface area contributed by atoms with Crippen LogP contribution in [0.2, 0.25) is 0 Å². The normalized spacial score (nSPS) is 22.0. The standard InChI is InChI=1S/C35H36F8O4/c1-2-3-4-5-20-18-44-33(45-19-20)22-8-12-26(28(36)14-22)21-6-9-24(10-7-21)35(42,43)47-25-11-13-27(29(37)17-25)23-15-30(38)32(31(39)16-23)46-34(40)41/h8,11-17,20-21,24,33-34H,2-7,9-10,18-19H2,1H3. The van der Waals surface area contributed by atoms with Gasteiger partial charge in [0.05, 0.1) is 19.1 Å². The number of rotatable bonds is 12. The molecule has 0 bridgehead atoms. The Morgan fingerprint density at radius 3 is 2.09 bits per heavy atom. The maximum atomic E-state index is 15.2. The Morgan fingerprint density at radius 1 is 0.809 bits per heavy atom. The lowest BCUT2D eigenvalue weighted by Crippen LogP contribution is -2.37. The predicted molar refractivity (Wildman–Crippen MR) is 157 cm³/mol. The summed E-state index contributed by atoms with van der Waals surface area (Å²) in [6.07, 6.45) is 0.718. The fraction of sp³-hybridized carbons (Fsp3) is 0.486. The van der Waals surface area contributed by atoms with Crippen LogP contribution >= 0.6 is 0 Å². The van der Waals surface area contributed by atoms with Gasteiger partial charge in [-0.3, -0.25) is 0 Å². The van der Waals surface area contributed by atoms with Gasteiger partial charge in [0.25, 0.3) is 0 Å². The summed E-state index contributed by atoms with van der Waals surface area (Å²) < 4.78 is 134. The van der Waals surface area contributed by atoms with Crippen molar-refractivity contribution in [3.05, 3.63) is 82.9 Å². The number of hydrogen-bond acceptors (Lipinski definition) is 4. The molecule has 0 atom stereocenters. The van der Waals surface area contributed by atoms with E-state index in [0.29, 0.717) is 48.5 Å². The van der Waals surface area contributed by atoms with E-state index in [0.717, 1.165) is 37.8 Å². The largest absolute Gasteiger partial charge is 0.432 e. The molecule has 0 amide bonds. The van der Waals surface area contributed by atoms with Crippen molar-refractivity contribution < 1.29 is 54.1 Å². The summed E-state index contributed by atoms with van der Waals surface area (Å²) >= 11 is 0. The lowest BCUT2D eigenvalue weighted by Gasteiger charge is -2.34. The molecule has 4 nitrogen and oxygen atoms in total. The van der Waals surface area contributed by atoms with Gasteiger partial charge in [0.15, 0.2) is 23.7 Å². The van der Waals surface area contributed by atoms with Crippen molar-refractivity contribution in [2.75, 3.05) is 13.2 Å². The quantitative estimate of drug-likeness (QED) is 0.142. The molecule has 2 aliphatic rings. The van der Waals surface area contributed by atoms with Crippen LogP contribution in [0, 0.1) is 35.1 Å². The van der Waals surface area contributed by atoms with Gasteiger partial charge in [-0.1, -0.05) is 38.3 Å². The lowest BCUT2D eigenvalue weighted by atomic mass is 9.78. The molecule has 0 radical (unpaired) electrons. The van der Waals surface area contributed by atoms with E-state index in [1.54, 1.807) is 12.1 Å². The maximum absolute atomic E-state index is 15.2. The molecule has 5 rings (SSSR count). The molecule has 47 heavy (non-hydrogen) atoms. The highest BCUT2D eigenvalue weighted by Gasteiger charge is 2.44. The van der Waals surface area contributed by atoms with Gasteiger partial charge in [-0.2, -0.15) is 17.6 Å². The monoisotopic (exact) mass is 672 g/mol. The summed E-state index contributed by atoms with van der Waals surface area (Å²) in [5, 5.41) is 0. The highest BCUT2D eigenvalue weighted by Crippen LogP contribution is 2.44. The fourth-order valence-corrected chi connectivity index (χ4v) is 6.30. The topological polar surface area (TPSA) is 36.9 Å². The second kappa shape index (κ2) is 15.2. The smallest absolute Gasteiger partial charge is 0.400 e. The van der Waals surface area contributed by atoms with Crippen LogP contribution in [0.15, 0.2) is 48.5 Å². The van der Waals surface area contributed by atoms with Gasteiger partial charge in [-0.15, -0.1) is 0 Å². The zero-order valence-corrected chi connectivity index (χ0v) is 25.7. The molecule has 3 aromatic rings. The minimum atomic E-state index is -3.68. The zero-order chi connectivity index (χ0) is 33.7. The number of halogens is 8. The number of unbranched alkanes of at least 4 members (excludes halogenated alkanes) is 2. The number of hydrogen-bond donors (Lipinski definition) is 0. The van der Waals surface area contributed by atoms with Crippen LogP contribution in [0.25, 0.3) is 11.1 Å². The second-order valence-electron chi connectivity index (χ2n) is 12.1. The third kappa shape index (κ3) is 8.56. The summed E-state index contributed by atoms with van der Waals surface area (Å²) in [6, 6.07) is 8.62. The van der Waals surface area contributed by atoms with E-state index >= 15 is 13.2 Å². The first-order valence-electron chi connectivity index (χ1n) is 15.8. The SMILES string of the molecule is CCCCCC1COC(c2ccc(C3CCC(C(F)(F)Oc4ccc(-c5cc(F)c(OC(F)F)c(F)c5)c(F)c4)CC3)c(F)c2)OC1. The molecule has 0 aromatic heterocycles. The van der Waals surface area contributed by atoms with Crippen molar-refractivity contribution in [3.8, 4) is 22.6 Å². The Kier molecular flexibility index (Phi) is 11.3. The zero-order valence-electron chi connectivity index (χ0n) is 25.7. The average Bonchev–Trinajstić information content (AvgIpc) is 3.03. The van der Waals surface area contributed by atoms with Crippen LogP contribution < -0.4 is 9.47 Å². The Balaban J connectivity index is 1.16. The summed E-state index contributed by atoms with van der Waals surface area (Å²) in [6.45, 7) is -0.242. The van der Waals surface area contributed by atoms with Crippen molar-refractivity contribution >= 4 is 0 Å². The van der Waals surface area contributed by atoms with Crippen molar-refractivity contribution in [1.29, 1.82) is 0 Å². The van der Waals surface area contributed by atoms with Gasteiger partial charge in [-0.25, -0.2) is 17.6 Å². The van der Waals surface area contributed by atoms with E-state index < -0.39 is 59.7 Å². The summed E-state index contributed by atoms with van der Waals surface area (Å²) in [4.78, 5) is 0. The van der Waals surface area contributed by atoms with Crippen LogP contribution in [-0.4, -0.2) is 25.9 Å². The van der Waals surface area contributed by atoms with Crippen molar-refractivity contribution in [3.63, 3.8) is 0 Å². The van der Waals surface area contributed by atoms with E-state index in [2.05, 4.69) is 11.7 Å². The molecule has 2 fully saturated rings. The second-order valence-corrected chi connectivity index (χ2v) is 12.1. The van der Waals surface area contributed by atoms with E-state index in [9.17, 15) is 22.0 Å². The Labute approximate surface area is 268 Å². The van der Waals surface area contributed by atoms with Gasteiger partial charge >= 0.3 is 12.7 Å².